The zero-order valence-corrected chi connectivity index (χ0v) is 9.32. The van der Waals surface area contributed by atoms with E-state index in [1.165, 1.54) is 4.90 Å². The van der Waals surface area contributed by atoms with E-state index in [9.17, 15) is 9.59 Å². The summed E-state index contributed by atoms with van der Waals surface area (Å²) < 4.78 is 0. The highest BCUT2D eigenvalue weighted by Gasteiger charge is 2.48. The molecule has 1 fully saturated rings. The standard InChI is InChI=1S/C10H19N3O2/c1-7-3-10(4-7,6-11)9(15)13(2)5-8(12)14/h7H,3-6,11H2,1-2H3,(H2,12,14). The molecule has 0 aromatic rings. The van der Waals surface area contributed by atoms with Crippen LogP contribution in [0.2, 0.25) is 0 Å². The normalized spacial score (nSPS) is 29.4. The maximum atomic E-state index is 12.0. The Labute approximate surface area is 89.8 Å². The molecule has 0 unspecified atom stereocenters. The zero-order chi connectivity index (χ0) is 11.6. The van der Waals surface area contributed by atoms with Crippen LogP contribution >= 0.6 is 0 Å². The van der Waals surface area contributed by atoms with Gasteiger partial charge in [-0.15, -0.1) is 0 Å². The second-order valence-corrected chi connectivity index (χ2v) is 4.63. The van der Waals surface area contributed by atoms with Crippen LogP contribution in [0.1, 0.15) is 19.8 Å². The Balaban J connectivity index is 2.62. The van der Waals surface area contributed by atoms with Gasteiger partial charge in [0.25, 0.3) is 0 Å². The fourth-order valence-electron chi connectivity index (χ4n) is 2.41. The molecule has 0 aromatic carbocycles. The smallest absolute Gasteiger partial charge is 0.237 e. The maximum Gasteiger partial charge on any atom is 0.237 e. The van der Waals surface area contributed by atoms with Crippen molar-refractivity contribution in [2.75, 3.05) is 20.1 Å². The van der Waals surface area contributed by atoms with Crippen LogP contribution in [0.4, 0.5) is 0 Å². The van der Waals surface area contributed by atoms with E-state index in [1.807, 2.05) is 0 Å². The molecule has 0 atom stereocenters. The average Bonchev–Trinajstić information content (AvgIpc) is 2.10. The highest BCUT2D eigenvalue weighted by molar-refractivity contribution is 5.88. The highest BCUT2D eigenvalue weighted by Crippen LogP contribution is 2.45. The lowest BCUT2D eigenvalue weighted by Gasteiger charge is -2.46. The van der Waals surface area contributed by atoms with Crippen molar-refractivity contribution in [2.24, 2.45) is 22.8 Å². The van der Waals surface area contributed by atoms with Crippen LogP contribution in [0.5, 0.6) is 0 Å². The van der Waals surface area contributed by atoms with E-state index in [0.29, 0.717) is 12.5 Å². The van der Waals surface area contributed by atoms with Gasteiger partial charge in [0.05, 0.1) is 12.0 Å². The Hall–Kier alpha value is -1.10. The van der Waals surface area contributed by atoms with Crippen LogP contribution < -0.4 is 11.5 Å². The Bertz CT molecular complexity index is 272. The van der Waals surface area contributed by atoms with Crippen molar-refractivity contribution in [3.8, 4) is 0 Å². The van der Waals surface area contributed by atoms with E-state index in [0.717, 1.165) is 12.8 Å². The molecule has 0 spiro atoms. The number of hydrogen-bond acceptors (Lipinski definition) is 3. The Morgan fingerprint density at radius 3 is 2.33 bits per heavy atom. The molecule has 1 rings (SSSR count). The third-order valence-electron chi connectivity index (χ3n) is 3.06. The molecule has 0 heterocycles. The van der Waals surface area contributed by atoms with Crippen LogP contribution in [0.3, 0.4) is 0 Å². The second kappa shape index (κ2) is 4.18. The topological polar surface area (TPSA) is 89.4 Å². The predicted molar refractivity (Wildman–Crippen MR) is 56.7 cm³/mol. The molecule has 2 amide bonds. The van der Waals surface area contributed by atoms with E-state index >= 15 is 0 Å². The zero-order valence-electron chi connectivity index (χ0n) is 9.32. The molecule has 4 N–H and O–H groups in total. The van der Waals surface area contributed by atoms with Crippen molar-refractivity contribution in [3.05, 3.63) is 0 Å². The summed E-state index contributed by atoms with van der Waals surface area (Å²) in [6, 6.07) is 0. The lowest BCUT2D eigenvalue weighted by Crippen LogP contribution is -2.54. The molecule has 15 heavy (non-hydrogen) atoms. The minimum atomic E-state index is -0.495. The molecule has 1 aliphatic rings. The summed E-state index contributed by atoms with van der Waals surface area (Å²) in [4.78, 5) is 24.1. The van der Waals surface area contributed by atoms with Crippen molar-refractivity contribution >= 4 is 11.8 Å². The number of hydrogen-bond donors (Lipinski definition) is 2. The molecule has 0 bridgehead atoms. The number of carbonyl (C=O) groups excluding carboxylic acids is 2. The first kappa shape index (κ1) is 12.0. The minimum Gasteiger partial charge on any atom is -0.368 e. The Morgan fingerprint density at radius 1 is 1.47 bits per heavy atom. The lowest BCUT2D eigenvalue weighted by molar-refractivity contribution is -0.149. The molecule has 0 saturated heterocycles. The third kappa shape index (κ3) is 2.28. The molecule has 1 saturated carbocycles. The summed E-state index contributed by atoms with van der Waals surface area (Å²) in [5, 5.41) is 0. The maximum absolute atomic E-state index is 12.0. The van der Waals surface area contributed by atoms with Crippen LogP contribution in [-0.2, 0) is 9.59 Å². The van der Waals surface area contributed by atoms with E-state index in [-0.39, 0.29) is 12.5 Å². The van der Waals surface area contributed by atoms with Gasteiger partial charge in [-0.2, -0.15) is 0 Å². The van der Waals surface area contributed by atoms with Crippen LogP contribution in [-0.4, -0.2) is 36.9 Å². The van der Waals surface area contributed by atoms with Gasteiger partial charge in [-0.3, -0.25) is 9.59 Å². The number of amides is 2. The summed E-state index contributed by atoms with van der Waals surface area (Å²) in [6.45, 7) is 2.41. The van der Waals surface area contributed by atoms with Gasteiger partial charge in [0.2, 0.25) is 11.8 Å². The monoisotopic (exact) mass is 213 g/mol. The second-order valence-electron chi connectivity index (χ2n) is 4.63. The molecule has 86 valence electrons. The van der Waals surface area contributed by atoms with E-state index in [4.69, 9.17) is 11.5 Å². The van der Waals surface area contributed by atoms with Crippen LogP contribution in [0.15, 0.2) is 0 Å². The summed E-state index contributed by atoms with van der Waals surface area (Å²) in [5.74, 6) is -0.00762. The summed E-state index contributed by atoms with van der Waals surface area (Å²) in [7, 11) is 1.59. The first-order valence-electron chi connectivity index (χ1n) is 5.15. The Kier molecular flexibility index (Phi) is 3.34. The van der Waals surface area contributed by atoms with Crippen molar-refractivity contribution < 1.29 is 9.59 Å². The van der Waals surface area contributed by atoms with Crippen molar-refractivity contribution in [1.29, 1.82) is 0 Å². The van der Waals surface area contributed by atoms with E-state index in [2.05, 4.69) is 6.92 Å². The molecule has 0 aromatic heterocycles. The summed E-state index contributed by atoms with van der Waals surface area (Å²) in [5.41, 5.74) is 10.2. The average molecular weight is 213 g/mol. The first-order valence-corrected chi connectivity index (χ1v) is 5.15. The van der Waals surface area contributed by atoms with Crippen LogP contribution in [0.25, 0.3) is 0 Å². The van der Waals surface area contributed by atoms with Gasteiger partial charge in [-0.25, -0.2) is 0 Å². The predicted octanol–water partition coefficient (Wildman–Crippen LogP) is -0.695. The van der Waals surface area contributed by atoms with Gasteiger partial charge in [-0.1, -0.05) is 6.92 Å². The highest BCUT2D eigenvalue weighted by atomic mass is 16.2. The lowest BCUT2D eigenvalue weighted by atomic mass is 9.62. The number of rotatable bonds is 4. The summed E-state index contributed by atoms with van der Waals surface area (Å²) in [6.07, 6.45) is 1.62. The summed E-state index contributed by atoms with van der Waals surface area (Å²) >= 11 is 0. The van der Waals surface area contributed by atoms with Crippen molar-refractivity contribution in [1.82, 2.24) is 4.90 Å². The van der Waals surface area contributed by atoms with Gasteiger partial charge in [-0.05, 0) is 18.8 Å². The number of carbonyl (C=O) groups is 2. The van der Waals surface area contributed by atoms with Crippen molar-refractivity contribution in [2.45, 2.75) is 19.8 Å². The van der Waals surface area contributed by atoms with Crippen LogP contribution in [0, 0.1) is 11.3 Å². The quantitative estimate of drug-likeness (QED) is 0.647. The number of likely N-dealkylation sites (N-methyl/N-ethyl adjacent to an activating group) is 1. The van der Waals surface area contributed by atoms with Gasteiger partial charge >= 0.3 is 0 Å². The Morgan fingerprint density at radius 2 is 2.00 bits per heavy atom. The van der Waals surface area contributed by atoms with Gasteiger partial charge in [0.15, 0.2) is 0 Å². The van der Waals surface area contributed by atoms with Gasteiger partial charge < -0.3 is 16.4 Å². The molecular formula is C10H19N3O2. The molecule has 5 nitrogen and oxygen atoms in total. The largest absolute Gasteiger partial charge is 0.368 e. The third-order valence-corrected chi connectivity index (χ3v) is 3.06. The fourth-order valence-corrected chi connectivity index (χ4v) is 2.41. The van der Waals surface area contributed by atoms with E-state index < -0.39 is 11.3 Å². The van der Waals surface area contributed by atoms with Crippen molar-refractivity contribution in [3.63, 3.8) is 0 Å². The van der Waals surface area contributed by atoms with Gasteiger partial charge in [0.1, 0.15) is 0 Å². The molecule has 1 aliphatic carbocycles. The SMILES string of the molecule is CC1CC(CN)(C(=O)N(C)CC(N)=O)C1. The molecular weight excluding hydrogens is 194 g/mol. The number of nitrogens with zero attached hydrogens (tertiary/aromatic N) is 1. The molecule has 0 aliphatic heterocycles. The first-order chi connectivity index (χ1) is 6.91. The number of primary amides is 1. The minimum absolute atomic E-state index is 0.0328. The van der Waals surface area contributed by atoms with E-state index in [1.54, 1.807) is 7.05 Å². The molecule has 5 heteroatoms. The number of nitrogens with two attached hydrogens (primary N) is 2. The van der Waals surface area contributed by atoms with Gasteiger partial charge in [0, 0.05) is 13.6 Å². The molecule has 0 radical (unpaired) electrons. The fraction of sp³-hybridized carbons (Fsp3) is 0.800.